The Kier molecular flexibility index (Phi) is 20.2. The van der Waals surface area contributed by atoms with Crippen molar-refractivity contribution < 1.29 is 14.6 Å². The normalized spacial score (nSPS) is 12.3. The second-order valence-corrected chi connectivity index (χ2v) is 8.96. The molecule has 3 heteroatoms. The number of unbranched alkanes of at least 4 members (excludes halogenated alkanes) is 13. The molecule has 0 amide bonds. The monoisotopic (exact) mass is 434 g/mol. The van der Waals surface area contributed by atoms with Crippen LogP contribution in [0.4, 0.5) is 0 Å². The maximum Gasteiger partial charge on any atom is 0.0813 e. The van der Waals surface area contributed by atoms with Crippen molar-refractivity contribution in [1.29, 1.82) is 0 Å². The number of hydrogen-bond acceptors (Lipinski definition) is 3. The van der Waals surface area contributed by atoms with Crippen LogP contribution >= 0.6 is 0 Å². The second kappa shape index (κ2) is 22.3. The van der Waals surface area contributed by atoms with Crippen molar-refractivity contribution in [3.05, 3.63) is 35.9 Å². The van der Waals surface area contributed by atoms with E-state index in [0.29, 0.717) is 26.2 Å². The molecule has 1 aromatic carbocycles. The van der Waals surface area contributed by atoms with Crippen molar-refractivity contribution in [3.63, 3.8) is 0 Å². The van der Waals surface area contributed by atoms with Gasteiger partial charge in [0.05, 0.1) is 19.3 Å². The van der Waals surface area contributed by atoms with Crippen LogP contribution in [0, 0.1) is 0 Å². The summed E-state index contributed by atoms with van der Waals surface area (Å²) in [6.07, 6.45) is 21.3. The molecule has 0 bridgehead atoms. The van der Waals surface area contributed by atoms with Crippen molar-refractivity contribution in [2.45, 2.75) is 122 Å². The third kappa shape index (κ3) is 18.4. The lowest BCUT2D eigenvalue weighted by atomic mass is 10.0. The lowest BCUT2D eigenvalue weighted by Gasteiger charge is -2.18. The van der Waals surface area contributed by atoms with Gasteiger partial charge in [-0.25, -0.2) is 0 Å². The summed E-state index contributed by atoms with van der Waals surface area (Å²) in [6, 6.07) is 10.4. The topological polar surface area (TPSA) is 38.7 Å². The van der Waals surface area contributed by atoms with Gasteiger partial charge in [-0.05, 0) is 18.4 Å². The zero-order chi connectivity index (χ0) is 22.2. The minimum atomic E-state index is 0.149. The smallest absolute Gasteiger partial charge is 0.0813 e. The van der Waals surface area contributed by atoms with E-state index in [-0.39, 0.29) is 12.7 Å². The average molecular weight is 435 g/mol. The van der Waals surface area contributed by atoms with Gasteiger partial charge in [0, 0.05) is 13.2 Å². The summed E-state index contributed by atoms with van der Waals surface area (Å²) in [4.78, 5) is 0. The molecule has 1 unspecified atom stereocenters. The molecule has 0 aliphatic carbocycles. The predicted octanol–water partition coefficient (Wildman–Crippen LogP) is 7.84. The molecule has 0 spiro atoms. The van der Waals surface area contributed by atoms with E-state index in [1.807, 2.05) is 6.07 Å². The Morgan fingerprint density at radius 3 is 1.81 bits per heavy atom. The summed E-state index contributed by atoms with van der Waals surface area (Å²) in [5, 5.41) is 8.92. The lowest BCUT2D eigenvalue weighted by Crippen LogP contribution is -2.20. The molecule has 0 aliphatic rings. The summed E-state index contributed by atoms with van der Waals surface area (Å²) in [5.74, 6) is 0. The Hall–Kier alpha value is -0.900. The molecule has 0 aromatic heterocycles. The van der Waals surface area contributed by atoms with Crippen LogP contribution in [0.2, 0.25) is 0 Å². The molecule has 3 nitrogen and oxygen atoms in total. The average Bonchev–Trinajstić information content (AvgIpc) is 2.80. The van der Waals surface area contributed by atoms with E-state index in [0.717, 1.165) is 6.42 Å². The van der Waals surface area contributed by atoms with Crippen LogP contribution in [0.25, 0.3) is 0 Å². The highest BCUT2D eigenvalue weighted by molar-refractivity contribution is 5.13. The number of benzene rings is 1. The Bertz CT molecular complexity index is 463. The number of aliphatic hydroxyl groups excluding tert-OH is 1. The molecule has 1 aromatic rings. The molecule has 180 valence electrons. The van der Waals surface area contributed by atoms with Crippen molar-refractivity contribution in [2.24, 2.45) is 0 Å². The van der Waals surface area contributed by atoms with E-state index < -0.39 is 0 Å². The quantitative estimate of drug-likeness (QED) is 0.178. The first kappa shape index (κ1) is 28.1. The summed E-state index contributed by atoms with van der Waals surface area (Å²) in [6.45, 7) is 4.36. The number of aliphatic hydroxyl groups is 1. The van der Waals surface area contributed by atoms with Crippen LogP contribution in [0.15, 0.2) is 30.3 Å². The maximum atomic E-state index is 8.92. The van der Waals surface area contributed by atoms with Crippen LogP contribution in [0.3, 0.4) is 0 Å². The van der Waals surface area contributed by atoms with Gasteiger partial charge in [0.2, 0.25) is 0 Å². The van der Waals surface area contributed by atoms with Crippen molar-refractivity contribution in [2.75, 3.05) is 19.8 Å². The molecule has 0 saturated heterocycles. The molecular formula is C28H50O3. The maximum absolute atomic E-state index is 8.92. The first-order valence-corrected chi connectivity index (χ1v) is 13.2. The summed E-state index contributed by atoms with van der Waals surface area (Å²) in [5.41, 5.74) is 1.21. The Balaban J connectivity index is 2.01. The van der Waals surface area contributed by atoms with Gasteiger partial charge in [-0.3, -0.25) is 0 Å². The molecule has 0 saturated carbocycles. The molecule has 31 heavy (non-hydrogen) atoms. The van der Waals surface area contributed by atoms with Crippen LogP contribution < -0.4 is 0 Å². The Morgan fingerprint density at radius 2 is 1.26 bits per heavy atom. The molecule has 0 heterocycles. The fraction of sp³-hybridized carbons (Fsp3) is 0.786. The predicted molar refractivity (Wildman–Crippen MR) is 132 cm³/mol. The van der Waals surface area contributed by atoms with Crippen LogP contribution in [0.1, 0.15) is 115 Å². The van der Waals surface area contributed by atoms with Crippen LogP contribution in [0.5, 0.6) is 0 Å². The van der Waals surface area contributed by atoms with E-state index in [1.165, 1.54) is 95.5 Å². The fourth-order valence-corrected chi connectivity index (χ4v) is 3.95. The fourth-order valence-electron chi connectivity index (χ4n) is 3.95. The van der Waals surface area contributed by atoms with E-state index in [9.17, 15) is 0 Å². The molecule has 0 fully saturated rings. The zero-order valence-corrected chi connectivity index (χ0v) is 20.4. The highest BCUT2D eigenvalue weighted by atomic mass is 16.5. The van der Waals surface area contributed by atoms with E-state index in [2.05, 4.69) is 31.2 Å². The minimum absolute atomic E-state index is 0.149. The first-order valence-electron chi connectivity index (χ1n) is 13.2. The summed E-state index contributed by atoms with van der Waals surface area (Å²) in [7, 11) is 0. The van der Waals surface area contributed by atoms with E-state index in [1.54, 1.807) is 0 Å². The van der Waals surface area contributed by atoms with Gasteiger partial charge < -0.3 is 14.6 Å². The van der Waals surface area contributed by atoms with Gasteiger partial charge in [0.15, 0.2) is 0 Å². The van der Waals surface area contributed by atoms with Crippen LogP contribution in [-0.4, -0.2) is 31.0 Å². The molecular weight excluding hydrogens is 384 g/mol. The number of hydrogen-bond donors (Lipinski definition) is 1. The Morgan fingerprint density at radius 1 is 0.710 bits per heavy atom. The third-order valence-corrected chi connectivity index (χ3v) is 5.96. The highest BCUT2D eigenvalue weighted by Gasteiger charge is 2.10. The van der Waals surface area contributed by atoms with Gasteiger partial charge in [0.25, 0.3) is 0 Å². The molecule has 1 atom stereocenters. The minimum Gasteiger partial charge on any atom is -0.396 e. The molecule has 0 radical (unpaired) electrons. The Labute approximate surface area is 192 Å². The van der Waals surface area contributed by atoms with Crippen LogP contribution in [-0.2, 0) is 16.1 Å². The van der Waals surface area contributed by atoms with E-state index in [4.69, 9.17) is 14.6 Å². The lowest BCUT2D eigenvalue weighted by molar-refractivity contribution is -0.0316. The largest absolute Gasteiger partial charge is 0.396 e. The molecule has 0 aliphatic heterocycles. The first-order chi connectivity index (χ1) is 15.4. The molecule has 1 rings (SSSR count). The van der Waals surface area contributed by atoms with Crippen molar-refractivity contribution in [3.8, 4) is 0 Å². The number of ether oxygens (including phenoxy) is 2. The summed E-state index contributed by atoms with van der Waals surface area (Å²) >= 11 is 0. The summed E-state index contributed by atoms with van der Waals surface area (Å²) < 4.78 is 11.8. The van der Waals surface area contributed by atoms with Gasteiger partial charge in [0.1, 0.15) is 0 Å². The van der Waals surface area contributed by atoms with Gasteiger partial charge >= 0.3 is 0 Å². The van der Waals surface area contributed by atoms with Crippen molar-refractivity contribution >= 4 is 0 Å². The second-order valence-electron chi connectivity index (χ2n) is 8.96. The molecule has 1 N–H and O–H groups in total. The van der Waals surface area contributed by atoms with Gasteiger partial charge in [-0.15, -0.1) is 0 Å². The number of rotatable bonds is 23. The highest BCUT2D eigenvalue weighted by Crippen LogP contribution is 2.15. The standard InChI is InChI=1S/C28H50O3/c1-2-3-4-5-6-7-8-9-10-11-12-13-14-18-22-28(26-30-24-19-23-29)31-25-27-20-16-15-17-21-27/h15-17,20-21,28-29H,2-14,18-19,22-26H2,1H3. The van der Waals surface area contributed by atoms with E-state index >= 15 is 0 Å². The van der Waals surface area contributed by atoms with Gasteiger partial charge in [-0.2, -0.15) is 0 Å². The SMILES string of the molecule is CCCCCCCCCCCCCCCCC(COCCCO)OCc1ccccc1. The zero-order valence-electron chi connectivity index (χ0n) is 20.4. The third-order valence-electron chi connectivity index (χ3n) is 5.96. The van der Waals surface area contributed by atoms with Gasteiger partial charge in [-0.1, -0.05) is 127 Å². The van der Waals surface area contributed by atoms with Crippen molar-refractivity contribution in [1.82, 2.24) is 0 Å².